The van der Waals surface area contributed by atoms with Crippen molar-refractivity contribution in [3.05, 3.63) is 30.0 Å². The monoisotopic (exact) mass is 277 g/mol. The van der Waals surface area contributed by atoms with Crippen LogP contribution in [0.1, 0.15) is 17.3 Å². The molecule has 1 aromatic carbocycles. The van der Waals surface area contributed by atoms with Gasteiger partial charge in [-0.25, -0.2) is 14.8 Å². The molecule has 1 heterocycles. The van der Waals surface area contributed by atoms with Crippen molar-refractivity contribution < 1.29 is 9.90 Å². The summed E-state index contributed by atoms with van der Waals surface area (Å²) in [4.78, 5) is 19.7. The highest BCUT2D eigenvalue weighted by Crippen LogP contribution is 2.18. The Morgan fingerprint density at radius 2 is 2.32 bits per heavy atom. The van der Waals surface area contributed by atoms with Gasteiger partial charge < -0.3 is 10.4 Å². The van der Waals surface area contributed by atoms with Crippen molar-refractivity contribution in [3.8, 4) is 0 Å². The van der Waals surface area contributed by atoms with Crippen LogP contribution in [0.5, 0.6) is 0 Å². The first-order valence-electron chi connectivity index (χ1n) is 5.86. The van der Waals surface area contributed by atoms with Crippen LogP contribution in [0.15, 0.2) is 24.4 Å². The maximum atomic E-state index is 11.2. The van der Waals surface area contributed by atoms with Gasteiger partial charge in [-0.3, -0.25) is 0 Å². The standard InChI is InChI=1S/C13H15N3O2S/c1-8(7-19-2)15-13-14-6-9-4-3-5-10(12(17)18)11(9)16-13/h3-6,8H,7H2,1-2H3,(H,17,18)(H,14,15,16). The second-order valence-corrected chi connectivity index (χ2v) is 5.15. The van der Waals surface area contributed by atoms with Gasteiger partial charge in [0, 0.05) is 23.4 Å². The van der Waals surface area contributed by atoms with E-state index in [1.54, 1.807) is 36.2 Å². The number of hydrogen-bond donors (Lipinski definition) is 2. The molecule has 5 nitrogen and oxygen atoms in total. The van der Waals surface area contributed by atoms with Gasteiger partial charge in [0.05, 0.1) is 11.1 Å². The van der Waals surface area contributed by atoms with E-state index in [1.165, 1.54) is 0 Å². The van der Waals surface area contributed by atoms with Crippen molar-refractivity contribution in [2.75, 3.05) is 17.3 Å². The number of para-hydroxylation sites is 1. The number of nitrogens with zero attached hydrogens (tertiary/aromatic N) is 2. The van der Waals surface area contributed by atoms with Crippen molar-refractivity contribution in [1.29, 1.82) is 0 Å². The van der Waals surface area contributed by atoms with Crippen LogP contribution in [0.2, 0.25) is 0 Å². The Hall–Kier alpha value is -1.82. The molecule has 19 heavy (non-hydrogen) atoms. The maximum absolute atomic E-state index is 11.2. The van der Waals surface area contributed by atoms with Gasteiger partial charge in [0.15, 0.2) is 0 Å². The van der Waals surface area contributed by atoms with Crippen molar-refractivity contribution in [2.45, 2.75) is 13.0 Å². The number of rotatable bonds is 5. The fourth-order valence-corrected chi connectivity index (χ4v) is 2.39. The van der Waals surface area contributed by atoms with Gasteiger partial charge >= 0.3 is 5.97 Å². The Morgan fingerprint density at radius 3 is 3.00 bits per heavy atom. The normalized spacial score (nSPS) is 12.3. The number of carboxylic acid groups (broad SMARTS) is 1. The van der Waals surface area contributed by atoms with Crippen LogP contribution in [0.4, 0.5) is 5.95 Å². The van der Waals surface area contributed by atoms with E-state index in [1.807, 2.05) is 13.2 Å². The number of benzene rings is 1. The van der Waals surface area contributed by atoms with Crippen molar-refractivity contribution in [1.82, 2.24) is 9.97 Å². The fraction of sp³-hybridized carbons (Fsp3) is 0.308. The third kappa shape index (κ3) is 3.14. The summed E-state index contributed by atoms with van der Waals surface area (Å²) in [6.07, 6.45) is 3.67. The molecule has 2 N–H and O–H groups in total. The fourth-order valence-electron chi connectivity index (χ4n) is 1.81. The highest BCUT2D eigenvalue weighted by atomic mass is 32.2. The molecule has 0 aliphatic rings. The summed E-state index contributed by atoms with van der Waals surface area (Å²) < 4.78 is 0. The third-order valence-corrected chi connectivity index (χ3v) is 3.47. The van der Waals surface area contributed by atoms with Gasteiger partial charge in [-0.05, 0) is 19.2 Å². The number of nitrogens with one attached hydrogen (secondary N) is 1. The molecule has 0 fully saturated rings. The largest absolute Gasteiger partial charge is 0.478 e. The molecule has 0 saturated heterocycles. The smallest absolute Gasteiger partial charge is 0.337 e. The van der Waals surface area contributed by atoms with E-state index in [9.17, 15) is 4.79 Å². The van der Waals surface area contributed by atoms with E-state index in [0.29, 0.717) is 11.5 Å². The summed E-state index contributed by atoms with van der Waals surface area (Å²) in [5.41, 5.74) is 0.657. The molecule has 1 aromatic heterocycles. The highest BCUT2D eigenvalue weighted by Gasteiger charge is 2.11. The lowest BCUT2D eigenvalue weighted by molar-refractivity contribution is 0.0699. The number of thioether (sulfide) groups is 1. The number of hydrogen-bond acceptors (Lipinski definition) is 5. The molecule has 1 atom stereocenters. The van der Waals surface area contributed by atoms with Crippen molar-refractivity contribution in [2.24, 2.45) is 0 Å². The summed E-state index contributed by atoms with van der Waals surface area (Å²) >= 11 is 1.73. The van der Waals surface area contributed by atoms with Gasteiger partial charge in [-0.15, -0.1) is 0 Å². The Labute approximate surface area is 115 Å². The number of carboxylic acids is 1. The lowest BCUT2D eigenvalue weighted by Gasteiger charge is -2.12. The molecule has 0 aliphatic heterocycles. The summed E-state index contributed by atoms with van der Waals surface area (Å²) in [5, 5.41) is 13.0. The molecule has 6 heteroatoms. The van der Waals surface area contributed by atoms with Gasteiger partial charge in [-0.2, -0.15) is 11.8 Å². The first-order chi connectivity index (χ1) is 9.11. The summed E-state index contributed by atoms with van der Waals surface area (Å²) in [7, 11) is 0. The first-order valence-corrected chi connectivity index (χ1v) is 7.25. The third-order valence-electron chi connectivity index (χ3n) is 2.63. The zero-order valence-corrected chi connectivity index (χ0v) is 11.6. The second kappa shape index (κ2) is 5.88. The van der Waals surface area contributed by atoms with Crippen LogP contribution < -0.4 is 5.32 Å². The Bertz CT molecular complexity index is 603. The molecule has 0 saturated carbocycles. The quantitative estimate of drug-likeness (QED) is 0.874. The average Bonchev–Trinajstić information content (AvgIpc) is 2.38. The van der Waals surface area contributed by atoms with Gasteiger partial charge in [0.1, 0.15) is 0 Å². The van der Waals surface area contributed by atoms with Crippen LogP contribution in [-0.4, -0.2) is 39.1 Å². The second-order valence-electron chi connectivity index (χ2n) is 4.24. The SMILES string of the molecule is CSCC(C)Nc1ncc2cccc(C(=O)O)c2n1. The molecule has 100 valence electrons. The number of carbonyl (C=O) groups is 1. The number of aromatic nitrogens is 2. The molecular formula is C13H15N3O2S. The van der Waals surface area contributed by atoms with Crippen LogP contribution in [0, 0.1) is 0 Å². The lowest BCUT2D eigenvalue weighted by atomic mass is 10.1. The lowest BCUT2D eigenvalue weighted by Crippen LogP contribution is -2.19. The molecule has 1 unspecified atom stereocenters. The molecule has 0 amide bonds. The minimum atomic E-state index is -0.979. The average molecular weight is 277 g/mol. The van der Waals surface area contributed by atoms with E-state index in [4.69, 9.17) is 5.11 Å². The van der Waals surface area contributed by atoms with E-state index < -0.39 is 5.97 Å². The number of fused-ring (bicyclic) bond motifs is 1. The van der Waals surface area contributed by atoms with E-state index >= 15 is 0 Å². The van der Waals surface area contributed by atoms with Gasteiger partial charge in [0.25, 0.3) is 0 Å². The molecule has 0 bridgehead atoms. The number of aromatic carboxylic acids is 1. The van der Waals surface area contributed by atoms with Crippen molar-refractivity contribution >= 4 is 34.6 Å². The Morgan fingerprint density at radius 1 is 1.53 bits per heavy atom. The molecule has 0 aliphatic carbocycles. The zero-order chi connectivity index (χ0) is 13.8. The van der Waals surface area contributed by atoms with E-state index in [2.05, 4.69) is 15.3 Å². The van der Waals surface area contributed by atoms with Crippen molar-refractivity contribution in [3.63, 3.8) is 0 Å². The minimum Gasteiger partial charge on any atom is -0.478 e. The van der Waals surface area contributed by atoms with Gasteiger partial charge in [0.2, 0.25) is 5.95 Å². The topological polar surface area (TPSA) is 75.1 Å². The summed E-state index contributed by atoms with van der Waals surface area (Å²) in [6, 6.07) is 5.27. The molecule has 0 radical (unpaired) electrons. The Balaban J connectivity index is 2.38. The zero-order valence-electron chi connectivity index (χ0n) is 10.8. The van der Waals surface area contributed by atoms with Gasteiger partial charge in [-0.1, -0.05) is 12.1 Å². The first kappa shape index (κ1) is 13.6. The molecule has 2 aromatic rings. The molecular weight excluding hydrogens is 262 g/mol. The number of anilines is 1. The van der Waals surface area contributed by atoms with Crippen LogP contribution in [0.25, 0.3) is 10.9 Å². The Kier molecular flexibility index (Phi) is 4.21. The molecule has 0 spiro atoms. The van der Waals surface area contributed by atoms with Crippen LogP contribution >= 0.6 is 11.8 Å². The van der Waals surface area contributed by atoms with E-state index in [0.717, 1.165) is 11.1 Å². The minimum absolute atomic E-state index is 0.195. The predicted octanol–water partition coefficient (Wildman–Crippen LogP) is 2.49. The summed E-state index contributed by atoms with van der Waals surface area (Å²) in [5.74, 6) is 0.414. The highest BCUT2D eigenvalue weighted by molar-refractivity contribution is 7.98. The summed E-state index contributed by atoms with van der Waals surface area (Å²) in [6.45, 7) is 2.03. The molecule has 2 rings (SSSR count). The maximum Gasteiger partial charge on any atom is 0.337 e. The van der Waals surface area contributed by atoms with Crippen LogP contribution in [-0.2, 0) is 0 Å². The predicted molar refractivity (Wildman–Crippen MR) is 78.0 cm³/mol. The van der Waals surface area contributed by atoms with Crippen LogP contribution in [0.3, 0.4) is 0 Å². The van der Waals surface area contributed by atoms with E-state index in [-0.39, 0.29) is 11.6 Å².